The van der Waals surface area contributed by atoms with Crippen LogP contribution in [0.1, 0.15) is 38.3 Å². The second-order valence-corrected chi connectivity index (χ2v) is 5.32. The summed E-state index contributed by atoms with van der Waals surface area (Å²) in [6, 6.07) is 7.97. The zero-order valence-electron chi connectivity index (χ0n) is 13.7. The summed E-state index contributed by atoms with van der Waals surface area (Å²) in [4.78, 5) is 4.88. The average molecular weight is 290 g/mol. The monoisotopic (exact) mass is 290 g/mol. The Hall–Kier alpha value is -1.39. The number of nitrogens with two attached hydrogens (primary N) is 1. The van der Waals surface area contributed by atoms with E-state index in [1.165, 1.54) is 6.42 Å². The molecule has 0 unspecified atom stereocenters. The van der Waals surface area contributed by atoms with E-state index in [4.69, 9.17) is 11.1 Å². The van der Waals surface area contributed by atoms with Crippen LogP contribution >= 0.6 is 0 Å². The zero-order chi connectivity index (χ0) is 15.7. The van der Waals surface area contributed by atoms with Gasteiger partial charge < -0.3 is 10.6 Å². The number of hydrogen-bond donors (Lipinski definition) is 2. The molecule has 0 heterocycles. The van der Waals surface area contributed by atoms with Crippen molar-refractivity contribution >= 4 is 5.84 Å². The van der Waals surface area contributed by atoms with Gasteiger partial charge in [0, 0.05) is 12.1 Å². The Bertz CT molecular complexity index is 427. The number of nitrogen functional groups attached to an aromatic ring is 1. The summed E-state index contributed by atoms with van der Waals surface area (Å²) >= 11 is 0. The third-order valence-corrected chi connectivity index (χ3v) is 3.99. The molecule has 0 aliphatic carbocycles. The van der Waals surface area contributed by atoms with Crippen molar-refractivity contribution in [2.24, 2.45) is 5.73 Å². The second kappa shape index (κ2) is 9.53. The maximum absolute atomic E-state index is 7.67. The average Bonchev–Trinajstić information content (AvgIpc) is 2.50. The lowest BCUT2D eigenvalue weighted by Crippen LogP contribution is -2.30. The maximum atomic E-state index is 7.67. The van der Waals surface area contributed by atoms with E-state index >= 15 is 0 Å². The minimum absolute atomic E-state index is 0.157. The summed E-state index contributed by atoms with van der Waals surface area (Å²) in [5.74, 6) is 0.157. The molecule has 0 aliphatic heterocycles. The van der Waals surface area contributed by atoms with E-state index in [0.29, 0.717) is 0 Å². The zero-order valence-corrected chi connectivity index (χ0v) is 13.7. The minimum Gasteiger partial charge on any atom is -0.384 e. The molecule has 0 spiro atoms. The molecular weight excluding hydrogens is 260 g/mol. The molecule has 1 aromatic carbocycles. The molecule has 3 N–H and O–H groups in total. The number of hydrogen-bond acceptors (Lipinski definition) is 3. The molecule has 0 amide bonds. The Morgan fingerprint density at radius 2 is 1.57 bits per heavy atom. The van der Waals surface area contributed by atoms with Gasteiger partial charge in [0.2, 0.25) is 0 Å². The molecule has 0 aromatic heterocycles. The molecule has 4 nitrogen and oxygen atoms in total. The van der Waals surface area contributed by atoms with Crippen LogP contribution in [0.4, 0.5) is 0 Å². The fourth-order valence-electron chi connectivity index (χ4n) is 2.57. The molecule has 0 bridgehead atoms. The largest absolute Gasteiger partial charge is 0.384 e. The molecule has 0 saturated carbocycles. The first-order chi connectivity index (χ1) is 10.1. The molecule has 21 heavy (non-hydrogen) atoms. The predicted octanol–water partition coefficient (Wildman–Crippen LogP) is 2.52. The van der Waals surface area contributed by atoms with E-state index in [-0.39, 0.29) is 5.84 Å². The summed E-state index contributed by atoms with van der Waals surface area (Å²) < 4.78 is 0. The van der Waals surface area contributed by atoms with Crippen LogP contribution in [-0.4, -0.2) is 48.4 Å². The quantitative estimate of drug-likeness (QED) is 0.514. The molecule has 0 radical (unpaired) electrons. The van der Waals surface area contributed by atoms with Gasteiger partial charge in [-0.25, -0.2) is 0 Å². The second-order valence-electron chi connectivity index (χ2n) is 5.32. The van der Waals surface area contributed by atoms with E-state index in [1.54, 1.807) is 0 Å². The van der Waals surface area contributed by atoms with Crippen molar-refractivity contribution in [3.8, 4) is 0 Å². The fraction of sp³-hybridized carbons (Fsp3) is 0.588. The van der Waals surface area contributed by atoms with E-state index in [2.05, 4.69) is 36.6 Å². The standard InChI is InChI=1S/C17H30N4/c1-4-20(5-2)12-9-13-21(6-3)14-15-10-7-8-11-16(15)17(18)19/h7-8,10-11H,4-6,9,12-14H2,1-3H3,(H3,18,19). The SMILES string of the molecule is CCN(CC)CCCN(CC)Cc1ccccc1C(=N)N. The Kier molecular flexibility index (Phi) is 8.01. The summed E-state index contributed by atoms with van der Waals surface area (Å²) in [6.45, 7) is 13.0. The number of rotatable bonds is 10. The van der Waals surface area contributed by atoms with Gasteiger partial charge in [-0.05, 0) is 44.7 Å². The van der Waals surface area contributed by atoms with Crippen LogP contribution in [0.25, 0.3) is 0 Å². The van der Waals surface area contributed by atoms with Crippen LogP contribution < -0.4 is 5.73 Å². The Balaban J connectivity index is 2.56. The first-order valence-electron chi connectivity index (χ1n) is 7.99. The molecule has 4 heteroatoms. The van der Waals surface area contributed by atoms with E-state index in [9.17, 15) is 0 Å². The molecular formula is C17H30N4. The van der Waals surface area contributed by atoms with Crippen molar-refractivity contribution in [3.63, 3.8) is 0 Å². The highest BCUT2D eigenvalue weighted by atomic mass is 15.1. The van der Waals surface area contributed by atoms with E-state index < -0.39 is 0 Å². The Morgan fingerprint density at radius 3 is 2.14 bits per heavy atom. The van der Waals surface area contributed by atoms with Crippen LogP contribution in [0.2, 0.25) is 0 Å². The third-order valence-electron chi connectivity index (χ3n) is 3.99. The van der Waals surface area contributed by atoms with Gasteiger partial charge in [-0.15, -0.1) is 0 Å². The predicted molar refractivity (Wildman–Crippen MR) is 90.8 cm³/mol. The number of benzene rings is 1. The normalized spacial score (nSPS) is 11.3. The lowest BCUT2D eigenvalue weighted by Gasteiger charge is -2.24. The van der Waals surface area contributed by atoms with Crippen molar-refractivity contribution in [2.45, 2.75) is 33.7 Å². The van der Waals surface area contributed by atoms with Crippen LogP contribution in [-0.2, 0) is 6.54 Å². The smallest absolute Gasteiger partial charge is 0.123 e. The molecule has 0 fully saturated rings. The summed E-state index contributed by atoms with van der Waals surface area (Å²) in [5.41, 5.74) is 7.67. The van der Waals surface area contributed by atoms with Gasteiger partial charge in [-0.3, -0.25) is 10.3 Å². The Morgan fingerprint density at radius 1 is 1.00 bits per heavy atom. The minimum atomic E-state index is 0.157. The van der Waals surface area contributed by atoms with E-state index in [0.717, 1.165) is 50.4 Å². The van der Waals surface area contributed by atoms with Crippen LogP contribution in [0.5, 0.6) is 0 Å². The molecule has 0 aliphatic rings. The molecule has 0 saturated heterocycles. The molecule has 0 atom stereocenters. The van der Waals surface area contributed by atoms with Crippen molar-refractivity contribution < 1.29 is 0 Å². The van der Waals surface area contributed by atoms with Gasteiger partial charge in [-0.2, -0.15) is 0 Å². The van der Waals surface area contributed by atoms with Gasteiger partial charge in [0.15, 0.2) is 0 Å². The van der Waals surface area contributed by atoms with Gasteiger partial charge in [0.1, 0.15) is 5.84 Å². The molecule has 1 rings (SSSR count). The highest BCUT2D eigenvalue weighted by molar-refractivity contribution is 5.96. The van der Waals surface area contributed by atoms with Gasteiger partial charge in [0.05, 0.1) is 0 Å². The molecule has 1 aromatic rings. The first-order valence-corrected chi connectivity index (χ1v) is 7.99. The van der Waals surface area contributed by atoms with Crippen molar-refractivity contribution in [1.29, 1.82) is 5.41 Å². The van der Waals surface area contributed by atoms with Crippen LogP contribution in [0, 0.1) is 5.41 Å². The van der Waals surface area contributed by atoms with Crippen LogP contribution in [0.15, 0.2) is 24.3 Å². The van der Waals surface area contributed by atoms with Gasteiger partial charge in [0.25, 0.3) is 0 Å². The third kappa shape index (κ3) is 5.86. The summed E-state index contributed by atoms with van der Waals surface area (Å²) in [6.07, 6.45) is 1.18. The summed E-state index contributed by atoms with van der Waals surface area (Å²) in [5, 5.41) is 7.67. The lowest BCUT2D eigenvalue weighted by atomic mass is 10.1. The van der Waals surface area contributed by atoms with Crippen LogP contribution in [0.3, 0.4) is 0 Å². The topological polar surface area (TPSA) is 56.4 Å². The number of nitrogens with zero attached hydrogens (tertiary/aromatic N) is 2. The molecule has 118 valence electrons. The lowest BCUT2D eigenvalue weighted by molar-refractivity contribution is 0.238. The van der Waals surface area contributed by atoms with Crippen molar-refractivity contribution in [1.82, 2.24) is 9.80 Å². The first kappa shape index (κ1) is 17.7. The highest BCUT2D eigenvalue weighted by Gasteiger charge is 2.09. The fourth-order valence-corrected chi connectivity index (χ4v) is 2.57. The highest BCUT2D eigenvalue weighted by Crippen LogP contribution is 2.11. The maximum Gasteiger partial charge on any atom is 0.123 e. The van der Waals surface area contributed by atoms with Gasteiger partial charge in [-0.1, -0.05) is 45.0 Å². The Labute approximate surface area is 129 Å². The van der Waals surface area contributed by atoms with E-state index in [1.807, 2.05) is 18.2 Å². The van der Waals surface area contributed by atoms with Gasteiger partial charge >= 0.3 is 0 Å². The number of nitrogens with one attached hydrogen (secondary N) is 1. The van der Waals surface area contributed by atoms with Crippen molar-refractivity contribution in [3.05, 3.63) is 35.4 Å². The summed E-state index contributed by atoms with van der Waals surface area (Å²) in [7, 11) is 0. The van der Waals surface area contributed by atoms with Crippen molar-refractivity contribution in [2.75, 3.05) is 32.7 Å². The number of amidine groups is 1.